The molecule has 0 unspecified atom stereocenters. The van der Waals surface area contributed by atoms with Crippen LogP contribution in [0.15, 0.2) is 24.3 Å². The number of nitrogens with one attached hydrogen (secondary N) is 1. The number of thioether (sulfide) groups is 1. The number of rotatable bonds is 4. The van der Waals surface area contributed by atoms with Crippen molar-refractivity contribution in [1.29, 1.82) is 0 Å². The van der Waals surface area contributed by atoms with E-state index in [0.717, 1.165) is 5.56 Å². The number of halogens is 1. The van der Waals surface area contributed by atoms with E-state index in [-0.39, 0.29) is 17.5 Å². The van der Waals surface area contributed by atoms with E-state index in [4.69, 9.17) is 5.84 Å². The molecule has 0 aliphatic rings. The maximum Gasteiger partial charge on any atom is 0.243 e. The van der Waals surface area contributed by atoms with Crippen LogP contribution >= 0.6 is 11.8 Å². The quantitative estimate of drug-likeness (QED) is 0.447. The van der Waals surface area contributed by atoms with Crippen molar-refractivity contribution in [2.24, 2.45) is 5.84 Å². The van der Waals surface area contributed by atoms with Gasteiger partial charge in [-0.05, 0) is 17.7 Å². The first-order valence-electron chi connectivity index (χ1n) is 4.04. The van der Waals surface area contributed by atoms with Gasteiger partial charge in [0.2, 0.25) is 5.91 Å². The van der Waals surface area contributed by atoms with Crippen LogP contribution in [0, 0.1) is 5.82 Å². The van der Waals surface area contributed by atoms with Gasteiger partial charge in [0.1, 0.15) is 5.82 Å². The van der Waals surface area contributed by atoms with Crippen molar-refractivity contribution in [2.45, 2.75) is 5.75 Å². The number of nitrogens with two attached hydrogens (primary N) is 1. The second-order valence-electron chi connectivity index (χ2n) is 2.69. The second-order valence-corrected chi connectivity index (χ2v) is 3.68. The Morgan fingerprint density at radius 3 is 3.00 bits per heavy atom. The van der Waals surface area contributed by atoms with Gasteiger partial charge in [-0.2, -0.15) is 0 Å². The lowest BCUT2D eigenvalue weighted by molar-refractivity contribution is -0.118. The van der Waals surface area contributed by atoms with E-state index in [9.17, 15) is 9.18 Å². The number of amides is 1. The van der Waals surface area contributed by atoms with Crippen molar-refractivity contribution in [3.63, 3.8) is 0 Å². The highest BCUT2D eigenvalue weighted by Crippen LogP contribution is 2.12. The van der Waals surface area contributed by atoms with Crippen LogP contribution in [-0.2, 0) is 10.5 Å². The monoisotopic (exact) mass is 214 g/mol. The highest BCUT2D eigenvalue weighted by atomic mass is 32.2. The lowest BCUT2D eigenvalue weighted by atomic mass is 10.2. The molecule has 0 heterocycles. The first-order chi connectivity index (χ1) is 6.72. The zero-order valence-electron chi connectivity index (χ0n) is 7.50. The second kappa shape index (κ2) is 5.62. The number of hydrogen-bond acceptors (Lipinski definition) is 3. The largest absolute Gasteiger partial charge is 0.294 e. The average molecular weight is 214 g/mol. The third-order valence-electron chi connectivity index (χ3n) is 1.55. The zero-order chi connectivity index (χ0) is 10.4. The van der Waals surface area contributed by atoms with Gasteiger partial charge in [-0.15, -0.1) is 11.8 Å². The van der Waals surface area contributed by atoms with E-state index >= 15 is 0 Å². The summed E-state index contributed by atoms with van der Waals surface area (Å²) in [4.78, 5) is 10.7. The normalized spacial score (nSPS) is 9.86. The first-order valence-corrected chi connectivity index (χ1v) is 5.19. The molecule has 0 bridgehead atoms. The van der Waals surface area contributed by atoms with E-state index < -0.39 is 0 Å². The fourth-order valence-corrected chi connectivity index (χ4v) is 1.72. The van der Waals surface area contributed by atoms with E-state index in [1.165, 1.54) is 23.9 Å². The maximum atomic E-state index is 12.7. The molecule has 14 heavy (non-hydrogen) atoms. The molecule has 0 saturated heterocycles. The van der Waals surface area contributed by atoms with Crippen molar-refractivity contribution >= 4 is 17.7 Å². The number of benzene rings is 1. The molecule has 0 radical (unpaired) electrons. The average Bonchev–Trinajstić information content (AvgIpc) is 2.17. The van der Waals surface area contributed by atoms with Crippen LogP contribution in [0.2, 0.25) is 0 Å². The van der Waals surface area contributed by atoms with Crippen LogP contribution in [0.5, 0.6) is 0 Å². The molecule has 76 valence electrons. The van der Waals surface area contributed by atoms with E-state index in [2.05, 4.69) is 0 Å². The van der Waals surface area contributed by atoms with E-state index in [0.29, 0.717) is 5.75 Å². The third-order valence-corrected chi connectivity index (χ3v) is 2.56. The zero-order valence-corrected chi connectivity index (χ0v) is 8.31. The molecule has 3 N–H and O–H groups in total. The van der Waals surface area contributed by atoms with Gasteiger partial charge < -0.3 is 0 Å². The van der Waals surface area contributed by atoms with Crippen molar-refractivity contribution in [1.82, 2.24) is 5.43 Å². The van der Waals surface area contributed by atoms with Crippen LogP contribution in [-0.4, -0.2) is 11.7 Å². The summed E-state index contributed by atoms with van der Waals surface area (Å²) in [5.74, 6) is 5.30. The molecule has 0 saturated carbocycles. The van der Waals surface area contributed by atoms with E-state index in [1.807, 2.05) is 11.5 Å². The molecule has 1 rings (SSSR count). The summed E-state index contributed by atoms with van der Waals surface area (Å²) < 4.78 is 12.7. The molecule has 1 amide bonds. The number of carbonyl (C=O) groups excluding carboxylic acids is 1. The fourth-order valence-electron chi connectivity index (χ4n) is 0.930. The summed E-state index contributed by atoms with van der Waals surface area (Å²) in [5.41, 5.74) is 2.89. The van der Waals surface area contributed by atoms with Gasteiger partial charge in [0.05, 0.1) is 5.75 Å². The molecule has 0 aliphatic carbocycles. The van der Waals surface area contributed by atoms with Crippen LogP contribution < -0.4 is 11.3 Å². The van der Waals surface area contributed by atoms with Gasteiger partial charge in [-0.25, -0.2) is 10.2 Å². The molecule has 1 aromatic carbocycles. The summed E-state index contributed by atoms with van der Waals surface area (Å²) >= 11 is 1.39. The van der Waals surface area contributed by atoms with Gasteiger partial charge in [-0.1, -0.05) is 12.1 Å². The van der Waals surface area contributed by atoms with Gasteiger partial charge in [0.15, 0.2) is 0 Å². The minimum atomic E-state index is -0.258. The lowest BCUT2D eigenvalue weighted by Gasteiger charge is -2.01. The highest BCUT2D eigenvalue weighted by Gasteiger charge is 1.99. The van der Waals surface area contributed by atoms with Crippen LogP contribution in [0.1, 0.15) is 5.56 Å². The number of hydrazine groups is 1. The van der Waals surface area contributed by atoms with Crippen molar-refractivity contribution in [3.05, 3.63) is 35.6 Å². The molecule has 0 atom stereocenters. The Morgan fingerprint density at radius 2 is 2.36 bits per heavy atom. The van der Waals surface area contributed by atoms with Gasteiger partial charge in [0, 0.05) is 5.75 Å². The predicted octanol–water partition coefficient (Wildman–Crippen LogP) is 1.05. The third kappa shape index (κ3) is 3.76. The van der Waals surface area contributed by atoms with Crippen LogP contribution in [0.3, 0.4) is 0 Å². The maximum absolute atomic E-state index is 12.7. The summed E-state index contributed by atoms with van der Waals surface area (Å²) in [5, 5.41) is 0. The molecule has 1 aromatic rings. The highest BCUT2D eigenvalue weighted by molar-refractivity contribution is 7.99. The first kappa shape index (κ1) is 11.0. The molecule has 0 fully saturated rings. The minimum absolute atomic E-state index is 0.230. The molecular weight excluding hydrogens is 203 g/mol. The Bertz CT molecular complexity index is 319. The summed E-state index contributed by atoms with van der Waals surface area (Å²) in [6.07, 6.45) is 0. The smallest absolute Gasteiger partial charge is 0.243 e. The van der Waals surface area contributed by atoms with Gasteiger partial charge in [-0.3, -0.25) is 10.2 Å². The number of hydrogen-bond donors (Lipinski definition) is 2. The summed E-state index contributed by atoms with van der Waals surface area (Å²) in [7, 11) is 0. The molecule has 0 spiro atoms. The molecular formula is C9H11FN2OS. The molecule has 3 nitrogen and oxygen atoms in total. The van der Waals surface area contributed by atoms with Crippen LogP contribution in [0.25, 0.3) is 0 Å². The Kier molecular flexibility index (Phi) is 4.42. The Balaban J connectivity index is 2.35. The topological polar surface area (TPSA) is 55.1 Å². The van der Waals surface area contributed by atoms with Crippen molar-refractivity contribution in [2.75, 3.05) is 5.75 Å². The summed E-state index contributed by atoms with van der Waals surface area (Å²) in [6.45, 7) is 0. The Labute approximate surface area is 85.8 Å². The summed E-state index contributed by atoms with van der Waals surface area (Å²) in [6, 6.07) is 6.30. The molecule has 0 aliphatic heterocycles. The van der Waals surface area contributed by atoms with Crippen molar-refractivity contribution in [3.8, 4) is 0 Å². The predicted molar refractivity (Wildman–Crippen MR) is 54.9 cm³/mol. The molecule has 0 aromatic heterocycles. The van der Waals surface area contributed by atoms with Gasteiger partial charge >= 0.3 is 0 Å². The fraction of sp³-hybridized carbons (Fsp3) is 0.222. The van der Waals surface area contributed by atoms with Crippen molar-refractivity contribution < 1.29 is 9.18 Å². The molecule has 5 heteroatoms. The Morgan fingerprint density at radius 1 is 1.57 bits per heavy atom. The Hall–Kier alpha value is -1.07. The van der Waals surface area contributed by atoms with Gasteiger partial charge in [0.25, 0.3) is 0 Å². The SMILES string of the molecule is NNC(=O)CSCc1cccc(F)c1. The minimum Gasteiger partial charge on any atom is -0.294 e. The van der Waals surface area contributed by atoms with E-state index in [1.54, 1.807) is 6.07 Å². The van der Waals surface area contributed by atoms with Crippen LogP contribution in [0.4, 0.5) is 4.39 Å². The number of carbonyl (C=O) groups is 1. The standard InChI is InChI=1S/C9H11FN2OS/c10-8-3-1-2-7(4-8)5-14-6-9(13)12-11/h1-4H,5-6,11H2,(H,12,13). The lowest BCUT2D eigenvalue weighted by Crippen LogP contribution is -2.31.